The van der Waals surface area contributed by atoms with Gasteiger partial charge in [0.05, 0.1) is 0 Å². The molecule has 0 unspecified atom stereocenters. The number of aryl methyl sites for hydroxylation is 1. The molecule has 110 valence electrons. The van der Waals surface area contributed by atoms with Crippen molar-refractivity contribution in [2.75, 3.05) is 19.6 Å². The van der Waals surface area contributed by atoms with Crippen molar-refractivity contribution < 1.29 is 0 Å². The van der Waals surface area contributed by atoms with Gasteiger partial charge in [-0.2, -0.15) is 0 Å². The van der Waals surface area contributed by atoms with Gasteiger partial charge in [-0.15, -0.1) is 0 Å². The van der Waals surface area contributed by atoms with Crippen LogP contribution in [0.15, 0.2) is 30.3 Å². The van der Waals surface area contributed by atoms with Crippen LogP contribution in [0.25, 0.3) is 0 Å². The minimum Gasteiger partial charge on any atom is -0.303 e. The van der Waals surface area contributed by atoms with Crippen LogP contribution < -0.4 is 0 Å². The number of unbranched alkanes of at least 4 members (excludes halogenated alkanes) is 2. The minimum atomic E-state index is 1.03. The van der Waals surface area contributed by atoms with E-state index < -0.39 is 0 Å². The highest BCUT2D eigenvalue weighted by molar-refractivity contribution is 5.14. The van der Waals surface area contributed by atoms with Crippen molar-refractivity contribution >= 4 is 0 Å². The lowest BCUT2D eigenvalue weighted by Gasteiger charge is -2.22. The van der Waals surface area contributed by atoms with Gasteiger partial charge in [0.15, 0.2) is 0 Å². The molecule has 1 heteroatoms. The van der Waals surface area contributed by atoms with Crippen molar-refractivity contribution in [2.24, 2.45) is 11.8 Å². The number of hydrogen-bond acceptors (Lipinski definition) is 1. The van der Waals surface area contributed by atoms with Crippen molar-refractivity contribution in [1.29, 1.82) is 0 Å². The Bertz CT molecular complexity index is 364. The van der Waals surface area contributed by atoms with Gasteiger partial charge in [-0.25, -0.2) is 0 Å². The first-order valence-electron chi connectivity index (χ1n) is 8.66. The average molecular weight is 271 g/mol. The summed E-state index contributed by atoms with van der Waals surface area (Å²) in [6.07, 6.45) is 11.4. The Kier molecular flexibility index (Phi) is 5.13. The third-order valence-corrected chi connectivity index (χ3v) is 5.28. The Labute approximate surface area is 124 Å². The smallest absolute Gasteiger partial charge is 0.000978 e. The van der Waals surface area contributed by atoms with Crippen molar-refractivity contribution in [2.45, 2.75) is 51.4 Å². The maximum absolute atomic E-state index is 2.78. The zero-order valence-electron chi connectivity index (χ0n) is 12.8. The molecule has 0 radical (unpaired) electrons. The summed E-state index contributed by atoms with van der Waals surface area (Å²) in [4.78, 5) is 2.78. The molecule has 2 bridgehead atoms. The topological polar surface area (TPSA) is 3.24 Å². The highest BCUT2D eigenvalue weighted by Crippen LogP contribution is 2.33. The van der Waals surface area contributed by atoms with Crippen LogP contribution in [0.4, 0.5) is 0 Å². The van der Waals surface area contributed by atoms with Gasteiger partial charge in [0.25, 0.3) is 0 Å². The third kappa shape index (κ3) is 4.09. The van der Waals surface area contributed by atoms with E-state index in [0.717, 1.165) is 11.8 Å². The van der Waals surface area contributed by atoms with Gasteiger partial charge in [-0.3, -0.25) is 0 Å². The van der Waals surface area contributed by atoms with Crippen LogP contribution in [-0.4, -0.2) is 24.5 Å². The van der Waals surface area contributed by atoms with Crippen LogP contribution in [-0.2, 0) is 6.42 Å². The minimum absolute atomic E-state index is 1.03. The molecular weight excluding hydrogens is 242 g/mol. The molecule has 0 spiro atoms. The van der Waals surface area contributed by atoms with Crippen molar-refractivity contribution in [3.8, 4) is 0 Å². The molecule has 20 heavy (non-hydrogen) atoms. The number of benzene rings is 1. The lowest BCUT2D eigenvalue weighted by atomic mass is 9.84. The van der Waals surface area contributed by atoms with Crippen LogP contribution in [0, 0.1) is 11.8 Å². The largest absolute Gasteiger partial charge is 0.303 e. The van der Waals surface area contributed by atoms with Gasteiger partial charge in [-0.1, -0.05) is 36.8 Å². The Hall–Kier alpha value is -0.820. The average Bonchev–Trinajstić information content (AvgIpc) is 2.80. The van der Waals surface area contributed by atoms with E-state index in [-0.39, 0.29) is 0 Å². The van der Waals surface area contributed by atoms with Crippen LogP contribution in [0.3, 0.4) is 0 Å². The van der Waals surface area contributed by atoms with E-state index in [9.17, 15) is 0 Å². The third-order valence-electron chi connectivity index (χ3n) is 5.28. The van der Waals surface area contributed by atoms with E-state index in [1.165, 1.54) is 76.6 Å². The van der Waals surface area contributed by atoms with E-state index in [4.69, 9.17) is 0 Å². The summed E-state index contributed by atoms with van der Waals surface area (Å²) in [6.45, 7) is 4.15. The highest BCUT2D eigenvalue weighted by Gasteiger charge is 2.28. The SMILES string of the molecule is c1ccc(CCCCCN2CC3CCC(CC3)C2)cc1. The Morgan fingerprint density at radius 1 is 0.800 bits per heavy atom. The molecule has 0 atom stereocenters. The lowest BCUT2D eigenvalue weighted by molar-refractivity contribution is 0.247. The Balaban J connectivity index is 1.32. The maximum Gasteiger partial charge on any atom is 0.000978 e. The standard InChI is InChI=1S/C19H29N/c1-3-7-17(8-4-1)9-5-2-6-14-20-15-18-10-11-19(16-20)13-12-18/h1,3-4,7-8,18-19H,2,5-6,9-16H2. The van der Waals surface area contributed by atoms with E-state index in [2.05, 4.69) is 35.2 Å². The summed E-state index contributed by atoms with van der Waals surface area (Å²) >= 11 is 0. The molecule has 1 nitrogen and oxygen atoms in total. The van der Waals surface area contributed by atoms with Gasteiger partial charge >= 0.3 is 0 Å². The Morgan fingerprint density at radius 2 is 1.45 bits per heavy atom. The summed E-state index contributed by atoms with van der Waals surface area (Å²) in [5, 5.41) is 0. The first-order chi connectivity index (χ1) is 9.90. The van der Waals surface area contributed by atoms with Gasteiger partial charge < -0.3 is 4.90 Å². The molecule has 2 aliphatic heterocycles. The summed E-state index contributed by atoms with van der Waals surface area (Å²) in [5.41, 5.74) is 1.50. The van der Waals surface area contributed by atoms with Crippen molar-refractivity contribution in [3.05, 3.63) is 35.9 Å². The van der Waals surface area contributed by atoms with Gasteiger partial charge in [0.2, 0.25) is 0 Å². The van der Waals surface area contributed by atoms with Crippen LogP contribution in [0.5, 0.6) is 0 Å². The normalized spacial score (nSPS) is 26.6. The van der Waals surface area contributed by atoms with E-state index in [0.29, 0.717) is 0 Å². The number of hydrogen-bond donors (Lipinski definition) is 0. The summed E-state index contributed by atoms with van der Waals surface area (Å²) in [6, 6.07) is 10.9. The van der Waals surface area contributed by atoms with E-state index >= 15 is 0 Å². The molecule has 3 aliphatic rings. The number of nitrogens with zero attached hydrogens (tertiary/aromatic N) is 1. The molecule has 3 fully saturated rings. The number of fused-ring (bicyclic) bond motifs is 4. The van der Waals surface area contributed by atoms with Gasteiger partial charge in [0, 0.05) is 13.1 Å². The zero-order chi connectivity index (χ0) is 13.6. The number of rotatable bonds is 6. The molecule has 1 saturated carbocycles. The second-order valence-corrected chi connectivity index (χ2v) is 6.94. The lowest BCUT2D eigenvalue weighted by Crippen LogP contribution is -2.29. The molecule has 1 aliphatic carbocycles. The first kappa shape index (κ1) is 14.1. The Morgan fingerprint density at radius 3 is 2.10 bits per heavy atom. The van der Waals surface area contributed by atoms with Crippen LogP contribution in [0.2, 0.25) is 0 Å². The molecule has 1 aromatic carbocycles. The van der Waals surface area contributed by atoms with Crippen molar-refractivity contribution in [3.63, 3.8) is 0 Å². The quantitative estimate of drug-likeness (QED) is 0.688. The van der Waals surface area contributed by atoms with E-state index in [1.54, 1.807) is 0 Å². The van der Waals surface area contributed by atoms with Gasteiger partial charge in [0.1, 0.15) is 0 Å². The fourth-order valence-corrected chi connectivity index (χ4v) is 4.07. The zero-order valence-corrected chi connectivity index (χ0v) is 12.8. The predicted molar refractivity (Wildman–Crippen MR) is 85.9 cm³/mol. The molecule has 1 aromatic rings. The monoisotopic (exact) mass is 271 g/mol. The van der Waals surface area contributed by atoms with Gasteiger partial charge in [-0.05, 0) is 68.9 Å². The van der Waals surface area contributed by atoms with Crippen LogP contribution >= 0.6 is 0 Å². The maximum atomic E-state index is 2.78. The first-order valence-corrected chi connectivity index (χ1v) is 8.66. The predicted octanol–water partition coefficient (Wildman–Crippen LogP) is 4.52. The van der Waals surface area contributed by atoms with Crippen molar-refractivity contribution in [1.82, 2.24) is 4.90 Å². The molecule has 2 saturated heterocycles. The molecule has 0 amide bonds. The fourth-order valence-electron chi connectivity index (χ4n) is 4.07. The highest BCUT2D eigenvalue weighted by atomic mass is 15.1. The molecule has 4 rings (SSSR count). The summed E-state index contributed by atoms with van der Waals surface area (Å²) < 4.78 is 0. The summed E-state index contributed by atoms with van der Waals surface area (Å²) in [5.74, 6) is 2.05. The van der Waals surface area contributed by atoms with Crippen LogP contribution in [0.1, 0.15) is 50.5 Å². The molecule has 0 aromatic heterocycles. The van der Waals surface area contributed by atoms with E-state index in [1.807, 2.05) is 0 Å². The second kappa shape index (κ2) is 7.26. The molecule has 0 N–H and O–H groups in total. The second-order valence-electron chi connectivity index (χ2n) is 6.94. The fraction of sp³-hybridized carbons (Fsp3) is 0.684. The summed E-state index contributed by atoms with van der Waals surface area (Å²) in [7, 11) is 0. The molecule has 2 heterocycles. The molecular formula is C19H29N.